The fourth-order valence-electron chi connectivity index (χ4n) is 0.345. The van der Waals surface area contributed by atoms with E-state index in [2.05, 4.69) is 9.62 Å². The molecule has 0 aromatic heterocycles. The van der Waals surface area contributed by atoms with Gasteiger partial charge in [0.1, 0.15) is 0 Å². The molecule has 0 aromatic carbocycles. The molecular formula is C6H11NO5. The highest BCUT2D eigenvalue weighted by Gasteiger charge is 2.17. The van der Waals surface area contributed by atoms with Crippen molar-refractivity contribution in [2.24, 2.45) is 0 Å². The lowest BCUT2D eigenvalue weighted by atomic mass is 10.7. The van der Waals surface area contributed by atoms with Gasteiger partial charge in [-0.1, -0.05) is 0 Å². The summed E-state index contributed by atoms with van der Waals surface area (Å²) in [4.78, 5) is 23.6. The van der Waals surface area contributed by atoms with E-state index in [4.69, 9.17) is 0 Å². The van der Waals surface area contributed by atoms with Crippen LogP contribution in [0.15, 0.2) is 0 Å². The maximum atomic E-state index is 10.5. The van der Waals surface area contributed by atoms with Crippen LogP contribution >= 0.6 is 0 Å². The highest BCUT2D eigenvalue weighted by molar-refractivity contribution is 6.29. The lowest BCUT2D eigenvalue weighted by Crippen LogP contribution is -2.39. The van der Waals surface area contributed by atoms with Gasteiger partial charge in [0.2, 0.25) is 6.73 Å². The summed E-state index contributed by atoms with van der Waals surface area (Å²) in [7, 11) is 5.28. The summed E-state index contributed by atoms with van der Waals surface area (Å²) in [6.07, 6.45) is 0. The van der Waals surface area contributed by atoms with Crippen molar-refractivity contribution in [1.82, 2.24) is 0 Å². The number of nitrogens with zero attached hydrogens (tertiary/aromatic N) is 1. The molecule has 0 heterocycles. The zero-order chi connectivity index (χ0) is 9.78. The molecule has 0 aromatic rings. The van der Waals surface area contributed by atoms with Crippen molar-refractivity contribution >= 4 is 11.9 Å². The van der Waals surface area contributed by atoms with Gasteiger partial charge in [-0.2, -0.15) is 0 Å². The molecule has 0 bridgehead atoms. The standard InChI is InChI=1S/C6H11NO5/c1-7(2,3)4-11-5(8)6(9)12-10/h4H2,1-3H3. The Bertz CT molecular complexity index is 183. The number of hydrogen-bond acceptors (Lipinski definition) is 5. The Kier molecular flexibility index (Phi) is 3.65. The van der Waals surface area contributed by atoms with Gasteiger partial charge in [-0.05, 0) is 0 Å². The molecule has 12 heavy (non-hydrogen) atoms. The topological polar surface area (TPSA) is 75.7 Å². The van der Waals surface area contributed by atoms with Gasteiger partial charge in [-0.15, -0.1) is 0 Å². The van der Waals surface area contributed by atoms with Gasteiger partial charge >= 0.3 is 11.9 Å². The highest BCUT2D eigenvalue weighted by Crippen LogP contribution is 1.91. The first kappa shape index (κ1) is 10.9. The smallest absolute Gasteiger partial charge is 0.421 e. The number of ether oxygens (including phenoxy) is 1. The Hall–Kier alpha value is -1.14. The third kappa shape index (κ3) is 4.64. The van der Waals surface area contributed by atoms with Crippen LogP contribution in [-0.4, -0.2) is 44.3 Å². The monoisotopic (exact) mass is 177 g/mol. The third-order valence-corrected chi connectivity index (χ3v) is 0.825. The maximum Gasteiger partial charge on any atom is 0.421 e. The number of quaternary nitrogens is 1. The Balaban J connectivity index is 3.80. The molecule has 0 aliphatic rings. The first-order valence-electron chi connectivity index (χ1n) is 3.18. The van der Waals surface area contributed by atoms with Crippen LogP contribution in [0.25, 0.3) is 0 Å². The Morgan fingerprint density at radius 1 is 1.25 bits per heavy atom. The van der Waals surface area contributed by atoms with Crippen molar-refractivity contribution in [3.8, 4) is 0 Å². The van der Waals surface area contributed by atoms with Crippen molar-refractivity contribution in [1.29, 1.82) is 0 Å². The van der Waals surface area contributed by atoms with Crippen LogP contribution in [0.1, 0.15) is 0 Å². The second kappa shape index (κ2) is 4.03. The summed E-state index contributed by atoms with van der Waals surface area (Å²) in [6, 6.07) is 0. The summed E-state index contributed by atoms with van der Waals surface area (Å²) in [5, 5.41) is 9.44. The van der Waals surface area contributed by atoms with E-state index in [-0.39, 0.29) is 6.73 Å². The van der Waals surface area contributed by atoms with E-state index < -0.39 is 11.9 Å². The van der Waals surface area contributed by atoms with Gasteiger partial charge in [0.15, 0.2) is 0 Å². The van der Waals surface area contributed by atoms with E-state index in [1.54, 1.807) is 21.1 Å². The van der Waals surface area contributed by atoms with Gasteiger partial charge in [-0.3, -0.25) is 4.48 Å². The first-order chi connectivity index (χ1) is 5.37. The molecule has 0 saturated heterocycles. The molecule has 0 rings (SSSR count). The molecule has 0 N–H and O–H groups in total. The molecule has 0 radical (unpaired) electrons. The second-order valence-corrected chi connectivity index (χ2v) is 3.22. The fraction of sp³-hybridized carbons (Fsp3) is 0.667. The second-order valence-electron chi connectivity index (χ2n) is 3.22. The third-order valence-electron chi connectivity index (χ3n) is 0.825. The molecule has 0 aliphatic heterocycles. The van der Waals surface area contributed by atoms with Crippen LogP contribution in [0.5, 0.6) is 0 Å². The van der Waals surface area contributed by atoms with Crippen molar-refractivity contribution in [2.45, 2.75) is 0 Å². The average molecular weight is 177 g/mol. The largest absolute Gasteiger partial charge is 0.661 e. The quantitative estimate of drug-likeness (QED) is 0.122. The molecule has 0 atom stereocenters. The number of esters is 1. The predicted molar refractivity (Wildman–Crippen MR) is 35.1 cm³/mol. The van der Waals surface area contributed by atoms with Crippen LogP contribution in [0.2, 0.25) is 0 Å². The van der Waals surface area contributed by atoms with Crippen LogP contribution < -0.4 is 5.26 Å². The molecule has 70 valence electrons. The summed E-state index contributed by atoms with van der Waals surface area (Å²) >= 11 is 0. The lowest BCUT2D eigenvalue weighted by molar-refractivity contribution is -0.888. The first-order valence-corrected chi connectivity index (χ1v) is 3.18. The fourth-order valence-corrected chi connectivity index (χ4v) is 0.345. The number of rotatable bonds is 2. The van der Waals surface area contributed by atoms with Gasteiger partial charge in [0.25, 0.3) is 0 Å². The molecule has 0 saturated carbocycles. The van der Waals surface area contributed by atoms with Gasteiger partial charge < -0.3 is 14.9 Å². The SMILES string of the molecule is C[N+](C)(C)COC(=O)C(=O)O[O-]. The van der Waals surface area contributed by atoms with E-state index in [9.17, 15) is 14.8 Å². The number of carbonyl (C=O) groups excluding carboxylic acids is 2. The van der Waals surface area contributed by atoms with Crippen molar-refractivity contribution in [3.05, 3.63) is 0 Å². The molecule has 0 amide bonds. The normalized spacial score (nSPS) is 10.7. The molecule has 0 unspecified atom stereocenters. The Morgan fingerprint density at radius 2 is 1.75 bits per heavy atom. The maximum absolute atomic E-state index is 10.5. The molecule has 0 spiro atoms. The lowest BCUT2D eigenvalue weighted by Gasteiger charge is -2.22. The minimum atomic E-state index is -1.52. The van der Waals surface area contributed by atoms with Crippen LogP contribution in [-0.2, 0) is 19.2 Å². The van der Waals surface area contributed by atoms with Crippen molar-refractivity contribution < 1.29 is 29.0 Å². The van der Waals surface area contributed by atoms with E-state index in [0.717, 1.165) is 0 Å². The summed E-state index contributed by atoms with van der Waals surface area (Å²) in [6.45, 7) is 0.00787. The summed E-state index contributed by atoms with van der Waals surface area (Å²) < 4.78 is 4.76. The molecule has 0 aliphatic carbocycles. The number of carbonyl (C=O) groups is 2. The van der Waals surface area contributed by atoms with E-state index in [1.165, 1.54) is 0 Å². The molecular weight excluding hydrogens is 166 g/mol. The van der Waals surface area contributed by atoms with Crippen LogP contribution in [0.4, 0.5) is 0 Å². The minimum Gasteiger partial charge on any atom is -0.661 e. The zero-order valence-electron chi connectivity index (χ0n) is 7.20. The van der Waals surface area contributed by atoms with E-state index >= 15 is 0 Å². The highest BCUT2D eigenvalue weighted by atomic mass is 17.1. The molecule has 6 heteroatoms. The van der Waals surface area contributed by atoms with Crippen LogP contribution in [0, 0.1) is 0 Å². The Labute approximate surface area is 69.8 Å². The number of hydrogen-bond donors (Lipinski definition) is 0. The molecule has 0 fully saturated rings. The zero-order valence-corrected chi connectivity index (χ0v) is 7.20. The summed E-state index contributed by atoms with van der Waals surface area (Å²) in [5.74, 6) is -2.79. The summed E-state index contributed by atoms with van der Waals surface area (Å²) in [5.41, 5.74) is 0. The van der Waals surface area contributed by atoms with Crippen molar-refractivity contribution in [3.63, 3.8) is 0 Å². The Morgan fingerprint density at radius 3 is 2.08 bits per heavy atom. The molecule has 6 nitrogen and oxygen atoms in total. The minimum absolute atomic E-state index is 0.00787. The van der Waals surface area contributed by atoms with E-state index in [1.807, 2.05) is 0 Å². The van der Waals surface area contributed by atoms with E-state index in [0.29, 0.717) is 4.48 Å². The van der Waals surface area contributed by atoms with Gasteiger partial charge in [0, 0.05) is 0 Å². The van der Waals surface area contributed by atoms with Crippen molar-refractivity contribution in [2.75, 3.05) is 27.9 Å². The predicted octanol–water partition coefficient (Wildman–Crippen LogP) is -1.99. The average Bonchev–Trinajstić information content (AvgIpc) is 1.97. The van der Waals surface area contributed by atoms with Gasteiger partial charge in [-0.25, -0.2) is 9.59 Å². The van der Waals surface area contributed by atoms with Crippen LogP contribution in [0.3, 0.4) is 0 Å². The van der Waals surface area contributed by atoms with Gasteiger partial charge in [0.05, 0.1) is 21.1 Å².